The zero-order valence-corrected chi connectivity index (χ0v) is 13.0. The van der Waals surface area contributed by atoms with Crippen LogP contribution in [0.2, 0.25) is 0 Å². The van der Waals surface area contributed by atoms with Gasteiger partial charge in [-0.05, 0) is 18.2 Å². The summed E-state index contributed by atoms with van der Waals surface area (Å²) in [6.45, 7) is 0. The number of halogens is 7. The van der Waals surface area contributed by atoms with Crippen molar-refractivity contribution in [2.45, 2.75) is 12.5 Å². The van der Waals surface area contributed by atoms with Crippen LogP contribution in [0.25, 0.3) is 0 Å². The minimum absolute atomic E-state index is 0.238. The third-order valence-corrected chi connectivity index (χ3v) is 2.80. The Morgan fingerprint density at radius 3 is 2.26 bits per heavy atom. The number of hydrogen-bond donors (Lipinski definition) is 0. The van der Waals surface area contributed by atoms with Crippen molar-refractivity contribution < 1.29 is 49.7 Å². The van der Waals surface area contributed by atoms with Gasteiger partial charge < -0.3 is 14.2 Å². The van der Waals surface area contributed by atoms with Gasteiger partial charge in [-0.25, -0.2) is 9.18 Å². The molecule has 0 saturated carbocycles. The Kier molecular flexibility index (Phi) is 5.42. The highest BCUT2D eigenvalue weighted by atomic mass is 19.4. The molecule has 0 spiro atoms. The van der Waals surface area contributed by atoms with Crippen molar-refractivity contribution in [3.8, 4) is 17.4 Å². The van der Waals surface area contributed by atoms with Gasteiger partial charge in [-0.1, -0.05) is 0 Å². The Hall–Kier alpha value is -3.12. The van der Waals surface area contributed by atoms with Crippen molar-refractivity contribution in [1.29, 1.82) is 0 Å². The van der Waals surface area contributed by atoms with Crippen LogP contribution in [0.1, 0.15) is 16.1 Å². The third-order valence-electron chi connectivity index (χ3n) is 2.80. The zero-order valence-electron chi connectivity index (χ0n) is 13.0. The quantitative estimate of drug-likeness (QED) is 0.568. The van der Waals surface area contributed by atoms with Crippen LogP contribution in [0.4, 0.5) is 30.7 Å². The summed E-state index contributed by atoms with van der Waals surface area (Å²) in [6, 6.07) is 1.88. The maximum Gasteiger partial charge on any atom is 0.573 e. The smallest absolute Gasteiger partial charge is 0.465 e. The fourth-order valence-corrected chi connectivity index (χ4v) is 1.71. The fourth-order valence-electron chi connectivity index (χ4n) is 1.71. The molecule has 0 amide bonds. The molecule has 0 unspecified atom stereocenters. The van der Waals surface area contributed by atoms with Crippen LogP contribution in [-0.4, -0.2) is 29.6 Å². The summed E-state index contributed by atoms with van der Waals surface area (Å²) in [5, 5.41) is 5.83. The van der Waals surface area contributed by atoms with Gasteiger partial charge in [0.2, 0.25) is 0 Å². The molecule has 1 heterocycles. The highest BCUT2D eigenvalue weighted by molar-refractivity contribution is 5.91. The lowest BCUT2D eigenvalue weighted by Gasteiger charge is -2.13. The summed E-state index contributed by atoms with van der Waals surface area (Å²) in [5.74, 6) is -5.23. The summed E-state index contributed by atoms with van der Waals surface area (Å²) in [6.07, 6.45) is -10.0. The number of aromatic nitrogens is 2. The van der Waals surface area contributed by atoms with E-state index in [4.69, 9.17) is 4.74 Å². The van der Waals surface area contributed by atoms with Crippen molar-refractivity contribution >= 4 is 5.97 Å². The van der Waals surface area contributed by atoms with Gasteiger partial charge in [-0.15, -0.1) is 23.4 Å². The van der Waals surface area contributed by atoms with Crippen LogP contribution in [0.3, 0.4) is 0 Å². The minimum atomic E-state index is -5.08. The number of nitrogens with zero attached hydrogens (tertiary/aromatic N) is 2. The van der Waals surface area contributed by atoms with E-state index in [1.54, 1.807) is 0 Å². The third kappa shape index (κ3) is 5.18. The Bertz CT molecular complexity index is 852. The average Bonchev–Trinajstić information content (AvgIpc) is 2.55. The van der Waals surface area contributed by atoms with Crippen molar-refractivity contribution in [1.82, 2.24) is 10.2 Å². The van der Waals surface area contributed by atoms with E-state index < -0.39 is 53.0 Å². The molecule has 1 aromatic carbocycles. The lowest BCUT2D eigenvalue weighted by atomic mass is 10.2. The first-order valence-corrected chi connectivity index (χ1v) is 6.67. The summed E-state index contributed by atoms with van der Waals surface area (Å²) in [5.41, 5.74) is -2.44. The highest BCUT2D eigenvalue weighted by Crippen LogP contribution is 2.34. The molecule has 2 rings (SSSR count). The summed E-state index contributed by atoms with van der Waals surface area (Å²) >= 11 is 0. The number of carbonyl (C=O) groups excluding carboxylic acids is 1. The van der Waals surface area contributed by atoms with Gasteiger partial charge in [-0.3, -0.25) is 0 Å². The largest absolute Gasteiger partial charge is 0.573 e. The first kappa shape index (κ1) is 20.2. The van der Waals surface area contributed by atoms with E-state index in [1.165, 1.54) is 0 Å². The Morgan fingerprint density at radius 2 is 1.70 bits per heavy atom. The molecule has 13 heteroatoms. The number of rotatable bonds is 4. The molecule has 146 valence electrons. The summed E-state index contributed by atoms with van der Waals surface area (Å²) in [4.78, 5) is 11.6. The van der Waals surface area contributed by atoms with Crippen LogP contribution < -0.4 is 9.47 Å². The molecule has 0 bridgehead atoms. The standard InChI is InChI=1S/C14H7F7N2O4/c1-25-12(24)7-5-10(13(16,17)18)22-23-11(7)26-9-4-6(2-3-8(9)15)27-14(19,20)21/h2-5H,1H3. The lowest BCUT2D eigenvalue weighted by Crippen LogP contribution is -2.17. The van der Waals surface area contributed by atoms with Gasteiger partial charge >= 0.3 is 18.5 Å². The molecule has 0 atom stereocenters. The molecular weight excluding hydrogens is 393 g/mol. The zero-order chi connectivity index (χ0) is 20.4. The normalized spacial score (nSPS) is 11.9. The second kappa shape index (κ2) is 7.25. The fraction of sp³-hybridized carbons (Fsp3) is 0.214. The number of methoxy groups -OCH3 is 1. The van der Waals surface area contributed by atoms with Gasteiger partial charge in [0.1, 0.15) is 11.3 Å². The molecule has 0 fully saturated rings. The molecule has 0 N–H and O–H groups in total. The molecule has 0 aliphatic rings. The number of esters is 1. The van der Waals surface area contributed by atoms with E-state index in [-0.39, 0.29) is 6.07 Å². The number of ether oxygens (including phenoxy) is 3. The SMILES string of the molecule is COC(=O)c1cc(C(F)(F)F)nnc1Oc1cc(OC(F)(F)F)ccc1F. The Labute approximate surface area is 145 Å². The van der Waals surface area contributed by atoms with Crippen LogP contribution >= 0.6 is 0 Å². The van der Waals surface area contributed by atoms with E-state index in [9.17, 15) is 35.5 Å². The van der Waals surface area contributed by atoms with Gasteiger partial charge in [0.05, 0.1) is 7.11 Å². The predicted octanol–water partition coefficient (Wildman–Crippen LogP) is 4.11. The summed E-state index contributed by atoms with van der Waals surface area (Å²) in [7, 11) is 0.845. The Balaban J connectivity index is 2.44. The molecule has 2 aromatic rings. The van der Waals surface area contributed by atoms with Crippen LogP contribution in [0.15, 0.2) is 24.3 Å². The molecule has 0 saturated heterocycles. The minimum Gasteiger partial charge on any atom is -0.465 e. The molecular formula is C14H7F7N2O4. The maximum absolute atomic E-state index is 13.8. The Morgan fingerprint density at radius 1 is 1.04 bits per heavy atom. The van der Waals surface area contributed by atoms with Gasteiger partial charge in [0.25, 0.3) is 5.88 Å². The van der Waals surface area contributed by atoms with Crippen molar-refractivity contribution in [3.63, 3.8) is 0 Å². The van der Waals surface area contributed by atoms with Crippen molar-refractivity contribution in [2.75, 3.05) is 7.11 Å². The monoisotopic (exact) mass is 400 g/mol. The summed E-state index contributed by atoms with van der Waals surface area (Å²) < 4.78 is 101. The molecule has 0 aliphatic heterocycles. The number of benzene rings is 1. The van der Waals surface area contributed by atoms with E-state index in [2.05, 4.69) is 19.7 Å². The highest BCUT2D eigenvalue weighted by Gasteiger charge is 2.35. The van der Waals surface area contributed by atoms with Crippen molar-refractivity contribution in [3.05, 3.63) is 41.3 Å². The van der Waals surface area contributed by atoms with Gasteiger partial charge in [0.15, 0.2) is 17.3 Å². The van der Waals surface area contributed by atoms with Crippen LogP contribution in [-0.2, 0) is 10.9 Å². The van der Waals surface area contributed by atoms with Crippen molar-refractivity contribution in [2.24, 2.45) is 0 Å². The topological polar surface area (TPSA) is 70.5 Å². The lowest BCUT2D eigenvalue weighted by molar-refractivity contribution is -0.274. The van der Waals surface area contributed by atoms with E-state index in [0.29, 0.717) is 18.2 Å². The maximum atomic E-state index is 13.8. The first-order valence-electron chi connectivity index (χ1n) is 6.67. The molecule has 1 aromatic heterocycles. The number of hydrogen-bond acceptors (Lipinski definition) is 6. The van der Waals surface area contributed by atoms with Gasteiger partial charge in [0, 0.05) is 6.07 Å². The predicted molar refractivity (Wildman–Crippen MR) is 71.5 cm³/mol. The van der Waals surface area contributed by atoms with Crippen LogP contribution in [0.5, 0.6) is 17.4 Å². The molecule has 0 aliphatic carbocycles. The first-order chi connectivity index (χ1) is 12.4. The van der Waals surface area contributed by atoms with E-state index in [0.717, 1.165) is 7.11 Å². The molecule has 27 heavy (non-hydrogen) atoms. The number of alkyl halides is 6. The van der Waals surface area contributed by atoms with E-state index in [1.807, 2.05) is 0 Å². The molecule has 6 nitrogen and oxygen atoms in total. The van der Waals surface area contributed by atoms with Crippen LogP contribution in [0, 0.1) is 5.82 Å². The second-order valence-corrected chi connectivity index (χ2v) is 4.68. The molecule has 0 radical (unpaired) electrons. The average molecular weight is 400 g/mol. The number of carbonyl (C=O) groups is 1. The van der Waals surface area contributed by atoms with Gasteiger partial charge in [-0.2, -0.15) is 13.2 Å². The second-order valence-electron chi connectivity index (χ2n) is 4.68. The van der Waals surface area contributed by atoms with E-state index >= 15 is 0 Å².